The van der Waals surface area contributed by atoms with Crippen molar-refractivity contribution in [3.63, 3.8) is 0 Å². The van der Waals surface area contributed by atoms with Crippen LogP contribution in [0.3, 0.4) is 0 Å². The Labute approximate surface area is 181 Å². The lowest BCUT2D eigenvalue weighted by molar-refractivity contribution is -0.146. The Kier molecular flexibility index (Phi) is 6.74. The molecule has 31 heavy (non-hydrogen) atoms. The van der Waals surface area contributed by atoms with Crippen molar-refractivity contribution in [3.05, 3.63) is 77.6 Å². The van der Waals surface area contributed by atoms with Crippen molar-refractivity contribution in [1.29, 1.82) is 0 Å². The van der Waals surface area contributed by atoms with Crippen LogP contribution in [-0.4, -0.2) is 23.0 Å². The fraction of sp³-hybridized carbons (Fsp3) is 0.308. The molecule has 1 N–H and O–H groups in total. The number of fused-ring (bicyclic) bond motifs is 1. The van der Waals surface area contributed by atoms with E-state index in [0.29, 0.717) is 22.9 Å². The molecule has 3 aromatic carbocycles. The smallest absolute Gasteiger partial charge is 0.309 e. The van der Waals surface area contributed by atoms with Gasteiger partial charge in [-0.15, -0.1) is 0 Å². The highest BCUT2D eigenvalue weighted by molar-refractivity contribution is 6.06. The van der Waals surface area contributed by atoms with E-state index >= 15 is 0 Å². The molecule has 0 aliphatic rings. The molecular weight excluding hydrogens is 395 g/mol. The van der Waals surface area contributed by atoms with E-state index in [9.17, 15) is 19.1 Å². The predicted molar refractivity (Wildman–Crippen MR) is 119 cm³/mol. The molecule has 0 fully saturated rings. The minimum absolute atomic E-state index is 0.0806. The lowest BCUT2D eigenvalue weighted by Crippen LogP contribution is -2.27. The predicted octanol–water partition coefficient (Wildman–Crippen LogP) is 6.06. The number of aryl methyl sites for hydroxylation is 1. The number of Topliss-reactive ketones (excluding diaryl/α,β-unsaturated/α-hetero) is 1. The number of carbonyl (C=O) groups excluding carboxylic acids is 1. The van der Waals surface area contributed by atoms with Crippen molar-refractivity contribution in [2.75, 3.05) is 0 Å². The topological polar surface area (TPSA) is 63.6 Å². The summed E-state index contributed by atoms with van der Waals surface area (Å²) in [4.78, 5) is 24.5. The molecule has 1 unspecified atom stereocenters. The van der Waals surface area contributed by atoms with Gasteiger partial charge in [-0.05, 0) is 45.2 Å². The van der Waals surface area contributed by atoms with Crippen LogP contribution in [0.15, 0.2) is 60.7 Å². The maximum absolute atomic E-state index is 14.8. The Morgan fingerprint density at radius 2 is 1.65 bits per heavy atom. The first-order valence-corrected chi connectivity index (χ1v) is 10.4. The summed E-state index contributed by atoms with van der Waals surface area (Å²) in [6.45, 7) is 4.87. The molecule has 0 aliphatic heterocycles. The van der Waals surface area contributed by atoms with E-state index in [0.717, 1.165) is 6.42 Å². The lowest BCUT2D eigenvalue weighted by atomic mass is 9.85. The van der Waals surface area contributed by atoms with Gasteiger partial charge in [-0.1, -0.05) is 54.6 Å². The zero-order chi connectivity index (χ0) is 22.6. The van der Waals surface area contributed by atoms with Gasteiger partial charge in [0.1, 0.15) is 11.6 Å². The van der Waals surface area contributed by atoms with Gasteiger partial charge in [0.25, 0.3) is 0 Å². The summed E-state index contributed by atoms with van der Waals surface area (Å²) in [6, 6.07) is 18.0. The van der Waals surface area contributed by atoms with Crippen molar-refractivity contribution in [2.45, 2.75) is 46.1 Å². The molecule has 3 aromatic rings. The highest BCUT2D eigenvalue weighted by Crippen LogP contribution is 2.36. The average molecular weight is 422 g/mol. The molecule has 1 atom stereocenters. The van der Waals surface area contributed by atoms with Gasteiger partial charge < -0.3 is 9.84 Å². The summed E-state index contributed by atoms with van der Waals surface area (Å²) in [7, 11) is 0. The van der Waals surface area contributed by atoms with E-state index in [1.54, 1.807) is 24.3 Å². The SMILES string of the molecule is CC(CCc1ccccc1)Oc1c(C(=O)CC(C)(C)C(=O)O)cc(F)c2ccccc12. The highest BCUT2D eigenvalue weighted by atomic mass is 19.1. The second kappa shape index (κ2) is 9.29. The molecule has 5 heteroatoms. The summed E-state index contributed by atoms with van der Waals surface area (Å²) in [5.41, 5.74) is -0.00595. The summed E-state index contributed by atoms with van der Waals surface area (Å²) in [6.07, 6.45) is 1.03. The fourth-order valence-electron chi connectivity index (χ4n) is 3.49. The van der Waals surface area contributed by atoms with Crippen LogP contribution in [0.1, 0.15) is 49.5 Å². The summed E-state index contributed by atoms with van der Waals surface area (Å²) < 4.78 is 21.0. The summed E-state index contributed by atoms with van der Waals surface area (Å²) in [5, 5.41) is 10.3. The van der Waals surface area contributed by atoms with Crippen molar-refractivity contribution in [3.8, 4) is 5.75 Å². The molecule has 0 aliphatic carbocycles. The third-order valence-corrected chi connectivity index (χ3v) is 5.43. The Hall–Kier alpha value is -3.21. The molecule has 0 radical (unpaired) electrons. The number of ketones is 1. The van der Waals surface area contributed by atoms with Crippen LogP contribution >= 0.6 is 0 Å². The number of hydrogen-bond acceptors (Lipinski definition) is 3. The Bertz CT molecular complexity index is 1090. The lowest BCUT2D eigenvalue weighted by Gasteiger charge is -2.22. The Morgan fingerprint density at radius 3 is 2.29 bits per heavy atom. The molecule has 0 amide bonds. The molecule has 0 aromatic heterocycles. The van der Waals surface area contributed by atoms with Crippen LogP contribution in [0.2, 0.25) is 0 Å². The standard InChI is InChI=1S/C26H27FO4/c1-17(13-14-18-9-5-4-6-10-18)31-24-20-12-8-7-11-19(20)22(27)15-21(24)23(28)16-26(2,3)25(29)30/h4-12,15,17H,13-14,16H2,1-3H3,(H,29,30). The zero-order valence-corrected chi connectivity index (χ0v) is 18.0. The molecule has 4 nitrogen and oxygen atoms in total. The van der Waals surface area contributed by atoms with Gasteiger partial charge >= 0.3 is 5.97 Å². The normalized spacial score (nSPS) is 12.5. The van der Waals surface area contributed by atoms with Crippen LogP contribution in [0.5, 0.6) is 5.75 Å². The molecule has 3 rings (SSSR count). The number of carboxylic acids is 1. The number of rotatable bonds is 9. The van der Waals surface area contributed by atoms with E-state index in [4.69, 9.17) is 4.74 Å². The number of carboxylic acid groups (broad SMARTS) is 1. The van der Waals surface area contributed by atoms with Gasteiger partial charge in [-0.2, -0.15) is 0 Å². The van der Waals surface area contributed by atoms with Gasteiger partial charge in [0.05, 0.1) is 17.1 Å². The van der Waals surface area contributed by atoms with Gasteiger partial charge in [0.2, 0.25) is 0 Å². The van der Waals surface area contributed by atoms with Crippen LogP contribution < -0.4 is 4.74 Å². The largest absolute Gasteiger partial charge is 0.489 e. The molecule has 0 bridgehead atoms. The quantitative estimate of drug-likeness (QED) is 0.426. The maximum atomic E-state index is 14.8. The monoisotopic (exact) mass is 422 g/mol. The first kappa shape index (κ1) is 22.5. The second-order valence-corrected chi connectivity index (χ2v) is 8.52. The fourth-order valence-corrected chi connectivity index (χ4v) is 3.49. The third-order valence-electron chi connectivity index (χ3n) is 5.43. The van der Waals surface area contributed by atoms with E-state index in [1.807, 2.05) is 37.3 Å². The Morgan fingerprint density at radius 1 is 1.03 bits per heavy atom. The Balaban J connectivity index is 1.93. The highest BCUT2D eigenvalue weighted by Gasteiger charge is 2.32. The van der Waals surface area contributed by atoms with E-state index in [1.165, 1.54) is 25.5 Å². The van der Waals surface area contributed by atoms with Gasteiger partial charge in [0.15, 0.2) is 5.78 Å². The van der Waals surface area contributed by atoms with Gasteiger partial charge in [-0.25, -0.2) is 4.39 Å². The number of halogens is 1. The maximum Gasteiger partial charge on any atom is 0.309 e. The second-order valence-electron chi connectivity index (χ2n) is 8.52. The minimum atomic E-state index is -1.27. The molecule has 0 saturated carbocycles. The molecule has 162 valence electrons. The summed E-state index contributed by atoms with van der Waals surface area (Å²) in [5.74, 6) is -1.76. The van der Waals surface area contributed by atoms with Crippen LogP contribution in [0.4, 0.5) is 4.39 Å². The first-order valence-electron chi connectivity index (χ1n) is 10.4. The van der Waals surface area contributed by atoms with Crippen molar-refractivity contribution in [2.24, 2.45) is 5.41 Å². The molecule has 0 spiro atoms. The van der Waals surface area contributed by atoms with E-state index < -0.39 is 23.0 Å². The van der Waals surface area contributed by atoms with Gasteiger partial charge in [-0.3, -0.25) is 9.59 Å². The zero-order valence-electron chi connectivity index (χ0n) is 18.0. The number of hydrogen-bond donors (Lipinski definition) is 1. The average Bonchev–Trinajstić information content (AvgIpc) is 2.74. The van der Waals surface area contributed by atoms with Gasteiger partial charge in [0, 0.05) is 17.2 Å². The van der Waals surface area contributed by atoms with Crippen molar-refractivity contribution < 1.29 is 23.8 Å². The number of benzene rings is 3. The van der Waals surface area contributed by atoms with Crippen molar-refractivity contribution in [1.82, 2.24) is 0 Å². The van der Waals surface area contributed by atoms with Crippen molar-refractivity contribution >= 4 is 22.5 Å². The number of aliphatic carboxylic acids is 1. The van der Waals surface area contributed by atoms with E-state index in [2.05, 4.69) is 0 Å². The number of ether oxygens (including phenoxy) is 1. The molecule has 0 saturated heterocycles. The van der Waals surface area contributed by atoms with Crippen LogP contribution in [0, 0.1) is 11.2 Å². The van der Waals surface area contributed by atoms with Crippen LogP contribution in [-0.2, 0) is 11.2 Å². The number of carbonyl (C=O) groups is 2. The van der Waals surface area contributed by atoms with E-state index in [-0.39, 0.29) is 18.1 Å². The van der Waals surface area contributed by atoms with Crippen LogP contribution in [0.25, 0.3) is 10.8 Å². The summed E-state index contributed by atoms with van der Waals surface area (Å²) >= 11 is 0. The molecular formula is C26H27FO4. The first-order chi connectivity index (χ1) is 14.7. The minimum Gasteiger partial charge on any atom is -0.489 e. The molecule has 0 heterocycles. The third kappa shape index (κ3) is 5.29.